The van der Waals surface area contributed by atoms with Gasteiger partial charge in [-0.25, -0.2) is 4.79 Å². The Labute approximate surface area is 200 Å². The van der Waals surface area contributed by atoms with E-state index in [-0.39, 0.29) is 0 Å². The van der Waals surface area contributed by atoms with Crippen LogP contribution in [-0.4, -0.2) is 12.6 Å². The van der Waals surface area contributed by atoms with Crippen molar-refractivity contribution in [1.29, 1.82) is 0 Å². The molecule has 0 unspecified atom stereocenters. The molecule has 162 valence electrons. The van der Waals surface area contributed by atoms with Crippen LogP contribution in [0.2, 0.25) is 5.02 Å². The van der Waals surface area contributed by atoms with E-state index in [4.69, 9.17) is 25.8 Å². The highest BCUT2D eigenvalue weighted by Gasteiger charge is 2.22. The van der Waals surface area contributed by atoms with E-state index in [1.807, 2.05) is 61.5 Å². The summed E-state index contributed by atoms with van der Waals surface area (Å²) < 4.78 is 18.2. The number of cyclic esters (lactones) is 1. The van der Waals surface area contributed by atoms with E-state index in [1.165, 1.54) is 0 Å². The van der Waals surface area contributed by atoms with Gasteiger partial charge in [-0.2, -0.15) is 0 Å². The lowest BCUT2D eigenvalue weighted by atomic mass is 10.1. The maximum absolute atomic E-state index is 12.4. The minimum atomic E-state index is -0.400. The molecule has 0 saturated carbocycles. The van der Waals surface area contributed by atoms with Gasteiger partial charge in [-0.1, -0.05) is 45.7 Å². The van der Waals surface area contributed by atoms with Gasteiger partial charge in [0, 0.05) is 15.1 Å². The van der Waals surface area contributed by atoms with Crippen molar-refractivity contribution in [2.45, 2.75) is 13.5 Å². The van der Waals surface area contributed by atoms with E-state index in [1.54, 1.807) is 24.3 Å². The van der Waals surface area contributed by atoms with Crippen molar-refractivity contribution in [1.82, 2.24) is 0 Å². The van der Waals surface area contributed by atoms with Gasteiger partial charge in [-0.15, -0.1) is 0 Å². The van der Waals surface area contributed by atoms with Gasteiger partial charge in [0.05, 0.1) is 12.2 Å². The Bertz CT molecular complexity index is 1180. The lowest BCUT2D eigenvalue weighted by Crippen LogP contribution is -2.00. The van der Waals surface area contributed by atoms with Gasteiger partial charge in [0.2, 0.25) is 0 Å². The van der Waals surface area contributed by atoms with Crippen LogP contribution in [0, 0.1) is 0 Å². The lowest BCUT2D eigenvalue weighted by Gasteiger charge is -2.13. The van der Waals surface area contributed by atoms with Crippen LogP contribution in [0.15, 0.2) is 82.9 Å². The molecule has 1 heterocycles. The zero-order valence-corrected chi connectivity index (χ0v) is 19.7. The fourth-order valence-electron chi connectivity index (χ4n) is 3.17. The molecule has 32 heavy (non-hydrogen) atoms. The van der Waals surface area contributed by atoms with E-state index in [0.717, 1.165) is 21.2 Å². The van der Waals surface area contributed by atoms with Gasteiger partial charge in [0.15, 0.2) is 11.5 Å². The molecule has 3 aromatic rings. The maximum atomic E-state index is 12.4. The summed E-state index contributed by atoms with van der Waals surface area (Å²) in [5.74, 6) is 1.36. The first-order valence-electron chi connectivity index (χ1n) is 10.1. The molecule has 0 atom stereocenters. The van der Waals surface area contributed by atoms with Crippen molar-refractivity contribution >= 4 is 45.3 Å². The molecule has 4 nitrogen and oxygen atoms in total. The second-order valence-corrected chi connectivity index (χ2v) is 8.41. The molecule has 0 fully saturated rings. The molecule has 0 bridgehead atoms. The lowest BCUT2D eigenvalue weighted by molar-refractivity contribution is -0.130. The standard InChI is InChI=1S/C26H20BrClO4/c1-2-30-25-14-18(5-12-23(25)31-16-17-3-8-21(27)9-4-17)13-20-15-24(32-26(20)29)19-6-10-22(28)11-7-19/h3-15H,2,16H2,1H3/b20-13+. The van der Waals surface area contributed by atoms with Crippen molar-refractivity contribution in [2.24, 2.45) is 0 Å². The Hall–Kier alpha value is -3.02. The minimum Gasteiger partial charge on any atom is -0.490 e. The molecule has 6 heteroatoms. The number of benzene rings is 3. The third-order valence-corrected chi connectivity index (χ3v) is 5.53. The monoisotopic (exact) mass is 510 g/mol. The van der Waals surface area contributed by atoms with Crippen molar-refractivity contribution < 1.29 is 19.0 Å². The Morgan fingerprint density at radius 2 is 1.72 bits per heavy atom. The van der Waals surface area contributed by atoms with Crippen LogP contribution in [0.25, 0.3) is 11.8 Å². The van der Waals surface area contributed by atoms with Crippen molar-refractivity contribution in [3.8, 4) is 11.5 Å². The molecule has 4 rings (SSSR count). The zero-order chi connectivity index (χ0) is 22.5. The molecule has 0 radical (unpaired) electrons. The summed E-state index contributed by atoms with van der Waals surface area (Å²) in [5.41, 5.74) is 3.11. The fraction of sp³-hybridized carbons (Fsp3) is 0.115. The maximum Gasteiger partial charge on any atom is 0.343 e. The zero-order valence-electron chi connectivity index (χ0n) is 17.3. The Balaban J connectivity index is 1.54. The summed E-state index contributed by atoms with van der Waals surface area (Å²) in [6.07, 6.45) is 3.50. The van der Waals surface area contributed by atoms with Crippen LogP contribution in [-0.2, 0) is 16.1 Å². The quantitative estimate of drug-likeness (QED) is 0.252. The van der Waals surface area contributed by atoms with Gasteiger partial charge >= 0.3 is 5.97 Å². The second kappa shape index (κ2) is 10.1. The summed E-state index contributed by atoms with van der Waals surface area (Å²) in [7, 11) is 0. The molecule has 3 aromatic carbocycles. The van der Waals surface area contributed by atoms with Crippen LogP contribution in [0.1, 0.15) is 23.6 Å². The van der Waals surface area contributed by atoms with Crippen LogP contribution in [0.4, 0.5) is 0 Å². The average molecular weight is 512 g/mol. The van der Waals surface area contributed by atoms with E-state index >= 15 is 0 Å². The molecule has 1 aliphatic heterocycles. The molecule has 0 spiro atoms. The molecule has 1 aliphatic rings. The van der Waals surface area contributed by atoms with Gasteiger partial charge in [0.25, 0.3) is 0 Å². The van der Waals surface area contributed by atoms with Crippen LogP contribution >= 0.6 is 27.5 Å². The summed E-state index contributed by atoms with van der Waals surface area (Å²) >= 11 is 9.37. The number of hydrogen-bond donors (Lipinski definition) is 0. The van der Waals surface area contributed by atoms with Crippen molar-refractivity contribution in [3.05, 3.63) is 105 Å². The van der Waals surface area contributed by atoms with E-state index in [2.05, 4.69) is 15.9 Å². The number of halogens is 2. The molecule has 0 aliphatic carbocycles. The predicted octanol–water partition coefficient (Wildman–Crippen LogP) is 7.06. The number of carbonyl (C=O) groups is 1. The topological polar surface area (TPSA) is 44.8 Å². The van der Waals surface area contributed by atoms with E-state index in [9.17, 15) is 4.79 Å². The third-order valence-electron chi connectivity index (χ3n) is 4.75. The molecule has 0 amide bonds. The van der Waals surface area contributed by atoms with Gasteiger partial charge < -0.3 is 14.2 Å². The SMILES string of the molecule is CCOc1cc(/C=C2\C=C(c3ccc(Cl)cc3)OC2=O)ccc1OCc1ccc(Br)cc1. The molecular formula is C26H20BrClO4. The second-order valence-electron chi connectivity index (χ2n) is 7.06. The highest BCUT2D eigenvalue weighted by atomic mass is 79.9. The van der Waals surface area contributed by atoms with Crippen LogP contribution in [0.3, 0.4) is 0 Å². The Morgan fingerprint density at radius 3 is 2.44 bits per heavy atom. The number of esters is 1. The highest BCUT2D eigenvalue weighted by molar-refractivity contribution is 9.10. The van der Waals surface area contributed by atoms with E-state index < -0.39 is 5.97 Å². The number of hydrogen-bond acceptors (Lipinski definition) is 4. The van der Waals surface area contributed by atoms with Crippen molar-refractivity contribution in [3.63, 3.8) is 0 Å². The van der Waals surface area contributed by atoms with Crippen LogP contribution < -0.4 is 9.47 Å². The fourth-order valence-corrected chi connectivity index (χ4v) is 3.56. The first-order valence-corrected chi connectivity index (χ1v) is 11.2. The Kier molecular flexibility index (Phi) is 6.98. The summed E-state index contributed by atoms with van der Waals surface area (Å²) in [5, 5.41) is 0.625. The molecule has 0 aromatic heterocycles. The largest absolute Gasteiger partial charge is 0.490 e. The van der Waals surface area contributed by atoms with Gasteiger partial charge in [-0.3, -0.25) is 0 Å². The number of carbonyl (C=O) groups excluding carboxylic acids is 1. The van der Waals surface area contributed by atoms with E-state index in [0.29, 0.717) is 41.1 Å². The summed E-state index contributed by atoms with van der Waals surface area (Å²) in [6.45, 7) is 2.84. The summed E-state index contributed by atoms with van der Waals surface area (Å²) in [4.78, 5) is 12.4. The Morgan fingerprint density at radius 1 is 0.969 bits per heavy atom. The van der Waals surface area contributed by atoms with Crippen molar-refractivity contribution in [2.75, 3.05) is 6.61 Å². The molecular weight excluding hydrogens is 492 g/mol. The normalized spacial score (nSPS) is 14.3. The number of ether oxygens (including phenoxy) is 3. The van der Waals surface area contributed by atoms with Crippen LogP contribution in [0.5, 0.6) is 11.5 Å². The molecule has 0 saturated heterocycles. The first kappa shape index (κ1) is 22.2. The average Bonchev–Trinajstić information content (AvgIpc) is 3.15. The third kappa shape index (κ3) is 5.42. The first-order chi connectivity index (χ1) is 15.5. The highest BCUT2D eigenvalue weighted by Crippen LogP contribution is 2.32. The molecule has 0 N–H and O–H groups in total. The van der Waals surface area contributed by atoms with Gasteiger partial charge in [0.1, 0.15) is 12.4 Å². The number of rotatable bonds is 7. The minimum absolute atomic E-state index is 0.400. The summed E-state index contributed by atoms with van der Waals surface area (Å²) in [6, 6.07) is 20.7. The smallest absolute Gasteiger partial charge is 0.343 e. The predicted molar refractivity (Wildman–Crippen MR) is 130 cm³/mol. The van der Waals surface area contributed by atoms with Gasteiger partial charge in [-0.05, 0) is 78.7 Å².